The molecule has 0 saturated carbocycles. The number of aromatic nitrogens is 1. The normalized spacial score (nSPS) is 19.9. The number of fused-ring (bicyclic) bond motifs is 1. The van der Waals surface area contributed by atoms with Crippen molar-refractivity contribution in [3.05, 3.63) is 35.5 Å². The minimum Gasteiger partial charge on any atom is -0.379 e. The Morgan fingerprint density at radius 2 is 2.28 bits per heavy atom. The molecule has 0 bridgehead atoms. The molecule has 3 nitrogen and oxygen atoms in total. The van der Waals surface area contributed by atoms with Gasteiger partial charge in [0.1, 0.15) is 0 Å². The fraction of sp³-hybridized carbons (Fsp3) is 0.357. The largest absolute Gasteiger partial charge is 0.379 e. The van der Waals surface area contributed by atoms with Crippen LogP contribution in [0.25, 0.3) is 10.9 Å². The van der Waals surface area contributed by atoms with Crippen LogP contribution >= 0.6 is 11.6 Å². The van der Waals surface area contributed by atoms with E-state index >= 15 is 0 Å². The SMILES string of the molecule is Clc1ccc(NC2CCCOC2)c2cccnc12. The summed E-state index contributed by atoms with van der Waals surface area (Å²) in [6, 6.07) is 8.26. The highest BCUT2D eigenvalue weighted by atomic mass is 35.5. The van der Waals surface area contributed by atoms with Gasteiger partial charge in [0, 0.05) is 29.9 Å². The molecule has 1 aromatic carbocycles. The van der Waals surface area contributed by atoms with Crippen LogP contribution in [0.5, 0.6) is 0 Å². The minimum absolute atomic E-state index is 0.378. The summed E-state index contributed by atoms with van der Waals surface area (Å²) in [5.41, 5.74) is 1.93. The van der Waals surface area contributed by atoms with Gasteiger partial charge in [-0.3, -0.25) is 4.98 Å². The van der Waals surface area contributed by atoms with Gasteiger partial charge >= 0.3 is 0 Å². The number of halogens is 1. The molecule has 4 heteroatoms. The van der Waals surface area contributed by atoms with Gasteiger partial charge in [-0.05, 0) is 37.1 Å². The van der Waals surface area contributed by atoms with Crippen molar-refractivity contribution in [3.63, 3.8) is 0 Å². The number of pyridine rings is 1. The maximum Gasteiger partial charge on any atom is 0.0908 e. The first-order chi connectivity index (χ1) is 8.84. The highest BCUT2D eigenvalue weighted by molar-refractivity contribution is 6.35. The maximum atomic E-state index is 6.16. The monoisotopic (exact) mass is 262 g/mol. The van der Waals surface area contributed by atoms with E-state index < -0.39 is 0 Å². The first-order valence-corrected chi connectivity index (χ1v) is 6.60. The van der Waals surface area contributed by atoms with E-state index in [1.165, 1.54) is 0 Å². The predicted molar refractivity (Wildman–Crippen MR) is 74.2 cm³/mol. The minimum atomic E-state index is 0.378. The second-order valence-corrected chi connectivity index (χ2v) is 4.96. The second-order valence-electron chi connectivity index (χ2n) is 4.55. The summed E-state index contributed by atoms with van der Waals surface area (Å²) < 4.78 is 5.49. The van der Waals surface area contributed by atoms with Crippen molar-refractivity contribution in [2.24, 2.45) is 0 Å². The van der Waals surface area contributed by atoms with Crippen LogP contribution in [0.4, 0.5) is 5.69 Å². The molecule has 0 amide bonds. The average Bonchev–Trinajstić information content (AvgIpc) is 2.44. The van der Waals surface area contributed by atoms with E-state index in [-0.39, 0.29) is 0 Å². The molecule has 2 heterocycles. The molecule has 0 aliphatic carbocycles. The van der Waals surface area contributed by atoms with Crippen molar-refractivity contribution in [2.75, 3.05) is 18.5 Å². The molecule has 1 fully saturated rings. The fourth-order valence-electron chi connectivity index (χ4n) is 2.34. The first kappa shape index (κ1) is 11.8. The third kappa shape index (κ3) is 2.28. The summed E-state index contributed by atoms with van der Waals surface area (Å²) in [6.07, 6.45) is 4.02. The van der Waals surface area contributed by atoms with E-state index in [1.807, 2.05) is 24.3 Å². The van der Waals surface area contributed by atoms with Crippen molar-refractivity contribution in [1.29, 1.82) is 0 Å². The molecule has 94 valence electrons. The Morgan fingerprint density at radius 1 is 1.33 bits per heavy atom. The Bertz CT molecular complexity index is 552. The molecular weight excluding hydrogens is 248 g/mol. The van der Waals surface area contributed by atoms with Crippen LogP contribution in [0.3, 0.4) is 0 Å². The lowest BCUT2D eigenvalue weighted by Gasteiger charge is -2.24. The number of benzene rings is 1. The van der Waals surface area contributed by atoms with Crippen LogP contribution in [0.2, 0.25) is 5.02 Å². The standard InChI is InChI=1S/C14H15ClN2O/c15-12-5-6-13(11-4-1-7-16-14(11)12)17-10-3-2-8-18-9-10/h1,4-7,10,17H,2-3,8-9H2. The Labute approximate surface area is 111 Å². The van der Waals surface area contributed by atoms with E-state index in [4.69, 9.17) is 16.3 Å². The lowest BCUT2D eigenvalue weighted by molar-refractivity contribution is 0.0876. The maximum absolute atomic E-state index is 6.16. The smallest absolute Gasteiger partial charge is 0.0908 e. The van der Waals surface area contributed by atoms with E-state index in [0.717, 1.165) is 42.6 Å². The van der Waals surface area contributed by atoms with E-state index in [9.17, 15) is 0 Å². The van der Waals surface area contributed by atoms with Crippen molar-refractivity contribution in [2.45, 2.75) is 18.9 Å². The van der Waals surface area contributed by atoms with Crippen molar-refractivity contribution >= 4 is 28.2 Å². The zero-order chi connectivity index (χ0) is 12.4. The zero-order valence-corrected chi connectivity index (χ0v) is 10.8. The van der Waals surface area contributed by atoms with Gasteiger partial charge in [-0.25, -0.2) is 0 Å². The van der Waals surface area contributed by atoms with Gasteiger partial charge in [-0.15, -0.1) is 0 Å². The molecule has 1 aliphatic rings. The predicted octanol–water partition coefficient (Wildman–Crippen LogP) is 3.48. The first-order valence-electron chi connectivity index (χ1n) is 6.22. The molecular formula is C14H15ClN2O. The van der Waals surface area contributed by atoms with Crippen LogP contribution in [0, 0.1) is 0 Å². The summed E-state index contributed by atoms with van der Waals surface area (Å²) in [6.45, 7) is 1.64. The molecule has 0 radical (unpaired) electrons. The van der Waals surface area contributed by atoms with Crippen LogP contribution in [-0.2, 0) is 4.74 Å². The molecule has 1 unspecified atom stereocenters. The molecule has 1 saturated heterocycles. The van der Waals surface area contributed by atoms with Gasteiger partial charge in [0.2, 0.25) is 0 Å². The van der Waals surface area contributed by atoms with E-state index in [0.29, 0.717) is 11.1 Å². The van der Waals surface area contributed by atoms with Gasteiger partial charge < -0.3 is 10.1 Å². The summed E-state index contributed by atoms with van der Waals surface area (Å²) in [7, 11) is 0. The molecule has 3 rings (SSSR count). The number of hydrogen-bond acceptors (Lipinski definition) is 3. The number of nitrogens with one attached hydrogen (secondary N) is 1. The molecule has 1 N–H and O–H groups in total. The molecule has 18 heavy (non-hydrogen) atoms. The molecule has 0 spiro atoms. The number of ether oxygens (including phenoxy) is 1. The van der Waals surface area contributed by atoms with Crippen LogP contribution < -0.4 is 5.32 Å². The number of anilines is 1. The summed E-state index contributed by atoms with van der Waals surface area (Å²) in [4.78, 5) is 4.33. The number of rotatable bonds is 2. The van der Waals surface area contributed by atoms with Gasteiger partial charge in [0.25, 0.3) is 0 Å². The Hall–Kier alpha value is -1.32. The van der Waals surface area contributed by atoms with Gasteiger partial charge in [0.05, 0.1) is 17.1 Å². The topological polar surface area (TPSA) is 34.1 Å². The zero-order valence-electron chi connectivity index (χ0n) is 10.0. The van der Waals surface area contributed by atoms with Gasteiger partial charge in [-0.2, -0.15) is 0 Å². The van der Waals surface area contributed by atoms with Crippen molar-refractivity contribution < 1.29 is 4.74 Å². The van der Waals surface area contributed by atoms with E-state index in [2.05, 4.69) is 10.3 Å². The lowest BCUT2D eigenvalue weighted by Crippen LogP contribution is -2.30. The van der Waals surface area contributed by atoms with Crippen molar-refractivity contribution in [3.8, 4) is 0 Å². The number of hydrogen-bond donors (Lipinski definition) is 1. The molecule has 2 aromatic rings. The third-order valence-electron chi connectivity index (χ3n) is 3.24. The van der Waals surface area contributed by atoms with E-state index in [1.54, 1.807) is 6.20 Å². The Kier molecular flexibility index (Phi) is 3.35. The average molecular weight is 263 g/mol. The fourth-order valence-corrected chi connectivity index (χ4v) is 2.55. The van der Waals surface area contributed by atoms with Crippen LogP contribution in [0.15, 0.2) is 30.5 Å². The van der Waals surface area contributed by atoms with Gasteiger partial charge in [0.15, 0.2) is 0 Å². The Morgan fingerprint density at radius 3 is 3.11 bits per heavy atom. The van der Waals surface area contributed by atoms with Crippen LogP contribution in [0.1, 0.15) is 12.8 Å². The highest BCUT2D eigenvalue weighted by Gasteiger charge is 2.15. The summed E-state index contributed by atoms with van der Waals surface area (Å²) >= 11 is 6.16. The summed E-state index contributed by atoms with van der Waals surface area (Å²) in [5.74, 6) is 0. The lowest BCUT2D eigenvalue weighted by atomic mass is 10.1. The van der Waals surface area contributed by atoms with Crippen LogP contribution in [-0.4, -0.2) is 24.2 Å². The second kappa shape index (κ2) is 5.12. The highest BCUT2D eigenvalue weighted by Crippen LogP contribution is 2.29. The number of nitrogens with zero attached hydrogens (tertiary/aromatic N) is 1. The van der Waals surface area contributed by atoms with Crippen molar-refractivity contribution in [1.82, 2.24) is 4.98 Å². The Balaban J connectivity index is 1.94. The van der Waals surface area contributed by atoms with Gasteiger partial charge in [-0.1, -0.05) is 11.6 Å². The molecule has 1 aromatic heterocycles. The quantitative estimate of drug-likeness (QED) is 0.900. The molecule has 1 aliphatic heterocycles. The molecule has 1 atom stereocenters. The summed E-state index contributed by atoms with van der Waals surface area (Å²) in [5, 5.41) is 5.28. The third-order valence-corrected chi connectivity index (χ3v) is 3.55.